The molecule has 0 aromatic heterocycles. The highest BCUT2D eigenvalue weighted by atomic mass is 35.5. The van der Waals surface area contributed by atoms with Crippen molar-refractivity contribution >= 4 is 5.91 Å². The molecule has 3 nitrogen and oxygen atoms in total. The molecule has 0 aliphatic rings. The Labute approximate surface area is 99.5 Å². The minimum absolute atomic E-state index is 0. The molecule has 90 valence electrons. The van der Waals surface area contributed by atoms with Crippen molar-refractivity contribution in [3.05, 3.63) is 12.7 Å². The van der Waals surface area contributed by atoms with Crippen molar-refractivity contribution in [1.82, 2.24) is 5.32 Å². The molecule has 0 saturated heterocycles. The maximum atomic E-state index is 10.9. The van der Waals surface area contributed by atoms with Gasteiger partial charge in [-0.1, -0.05) is 6.58 Å². The van der Waals surface area contributed by atoms with Gasteiger partial charge in [-0.3, -0.25) is 4.79 Å². The summed E-state index contributed by atoms with van der Waals surface area (Å²) in [5.74, 6) is -0.0774. The second kappa shape index (κ2) is 8.74. The van der Waals surface area contributed by atoms with Gasteiger partial charge < -0.3 is 22.2 Å². The molecule has 0 rings (SSSR count). The molecule has 0 spiro atoms. The Morgan fingerprint density at radius 2 is 1.73 bits per heavy atom. The molecule has 0 aromatic rings. The van der Waals surface area contributed by atoms with Gasteiger partial charge in [0.2, 0.25) is 5.91 Å². The van der Waals surface area contributed by atoms with Crippen LogP contribution in [0.1, 0.15) is 20.8 Å². The number of nitrogens with one attached hydrogen (secondary N) is 1. The lowest BCUT2D eigenvalue weighted by Gasteiger charge is -2.35. The largest absolute Gasteiger partial charge is 1.00 e. The predicted octanol–water partition coefficient (Wildman–Crippen LogP) is -1.83. The molecule has 0 aliphatic heterocycles. The lowest BCUT2D eigenvalue weighted by molar-refractivity contribution is -0.922. The lowest BCUT2D eigenvalue weighted by atomic mass is 10.3. The van der Waals surface area contributed by atoms with E-state index in [2.05, 4.69) is 32.7 Å². The number of hydrogen-bond donors (Lipinski definition) is 1. The third-order valence-corrected chi connectivity index (χ3v) is 3.08. The minimum atomic E-state index is -0.0774. The summed E-state index contributed by atoms with van der Waals surface area (Å²) >= 11 is 0. The molecule has 0 saturated carbocycles. The van der Waals surface area contributed by atoms with Crippen LogP contribution in [-0.2, 0) is 4.79 Å². The van der Waals surface area contributed by atoms with Crippen LogP contribution in [0.5, 0.6) is 0 Å². The fourth-order valence-electron chi connectivity index (χ4n) is 1.63. The number of likely N-dealkylation sites (N-methyl/N-ethyl adjacent to an activating group) is 1. The van der Waals surface area contributed by atoms with Crippen molar-refractivity contribution < 1.29 is 21.7 Å². The maximum absolute atomic E-state index is 10.9. The third kappa shape index (κ3) is 5.80. The molecule has 0 aromatic carbocycles. The van der Waals surface area contributed by atoms with Gasteiger partial charge in [-0.2, -0.15) is 0 Å². The van der Waals surface area contributed by atoms with Crippen LogP contribution < -0.4 is 17.7 Å². The van der Waals surface area contributed by atoms with Crippen LogP contribution in [0, 0.1) is 0 Å². The summed E-state index contributed by atoms with van der Waals surface area (Å²) in [6.45, 7) is 15.1. The Bertz CT molecular complexity index is 183. The van der Waals surface area contributed by atoms with Gasteiger partial charge in [0.05, 0.1) is 32.7 Å². The summed E-state index contributed by atoms with van der Waals surface area (Å²) in [6, 6.07) is 0. The van der Waals surface area contributed by atoms with E-state index in [1.807, 2.05) is 0 Å². The standard InChI is InChI=1S/C11H22N2O.ClH/c1-5-11(14)12-9-10-13(6-2,7-3)8-4;/h5H,1,6-10H2,2-4H3;1H. The average molecular weight is 235 g/mol. The zero-order valence-electron chi connectivity index (χ0n) is 10.1. The van der Waals surface area contributed by atoms with Crippen molar-refractivity contribution in [2.75, 3.05) is 32.7 Å². The second-order valence-corrected chi connectivity index (χ2v) is 3.51. The first-order chi connectivity index (χ1) is 6.64. The van der Waals surface area contributed by atoms with Crippen LogP contribution in [-0.4, -0.2) is 43.1 Å². The highest BCUT2D eigenvalue weighted by molar-refractivity contribution is 5.86. The van der Waals surface area contributed by atoms with Crippen molar-refractivity contribution in [2.24, 2.45) is 0 Å². The van der Waals surface area contributed by atoms with Crippen LogP contribution in [0.25, 0.3) is 0 Å². The molecule has 15 heavy (non-hydrogen) atoms. The van der Waals surface area contributed by atoms with Crippen LogP contribution in [0.3, 0.4) is 0 Å². The van der Waals surface area contributed by atoms with E-state index in [0.29, 0.717) is 0 Å². The first-order valence-electron chi connectivity index (χ1n) is 5.39. The van der Waals surface area contributed by atoms with Crippen LogP contribution in [0.4, 0.5) is 0 Å². The predicted molar refractivity (Wildman–Crippen MR) is 60.0 cm³/mol. The fraction of sp³-hybridized carbons (Fsp3) is 0.727. The Morgan fingerprint density at radius 3 is 2.07 bits per heavy atom. The van der Waals surface area contributed by atoms with Crippen molar-refractivity contribution in [3.8, 4) is 0 Å². The number of nitrogens with zero attached hydrogens (tertiary/aromatic N) is 1. The molecule has 0 fully saturated rings. The van der Waals surface area contributed by atoms with Gasteiger partial charge in [0.15, 0.2) is 0 Å². The van der Waals surface area contributed by atoms with Gasteiger partial charge in [-0.05, 0) is 26.8 Å². The smallest absolute Gasteiger partial charge is 0.243 e. The van der Waals surface area contributed by atoms with E-state index >= 15 is 0 Å². The number of hydrogen-bond acceptors (Lipinski definition) is 1. The van der Waals surface area contributed by atoms with Gasteiger partial charge in [-0.25, -0.2) is 0 Å². The summed E-state index contributed by atoms with van der Waals surface area (Å²) in [4.78, 5) is 10.9. The second-order valence-electron chi connectivity index (χ2n) is 3.51. The zero-order valence-corrected chi connectivity index (χ0v) is 10.8. The van der Waals surface area contributed by atoms with Gasteiger partial charge in [0, 0.05) is 0 Å². The van der Waals surface area contributed by atoms with E-state index in [0.717, 1.165) is 37.2 Å². The average Bonchev–Trinajstić information content (AvgIpc) is 2.25. The monoisotopic (exact) mass is 234 g/mol. The number of carbonyl (C=O) groups is 1. The molecule has 0 radical (unpaired) electrons. The first kappa shape index (κ1) is 16.9. The molecule has 0 aliphatic carbocycles. The van der Waals surface area contributed by atoms with Gasteiger partial charge in [0.25, 0.3) is 0 Å². The molecular weight excluding hydrogens is 212 g/mol. The number of quaternary nitrogens is 1. The van der Waals surface area contributed by atoms with E-state index < -0.39 is 0 Å². The van der Waals surface area contributed by atoms with Gasteiger partial charge in [-0.15, -0.1) is 0 Å². The summed E-state index contributed by atoms with van der Waals surface area (Å²) in [6.07, 6.45) is 1.32. The van der Waals surface area contributed by atoms with E-state index in [1.165, 1.54) is 6.08 Å². The van der Waals surface area contributed by atoms with Gasteiger partial charge in [0.1, 0.15) is 0 Å². The zero-order chi connectivity index (χ0) is 11.0. The molecule has 0 heterocycles. The summed E-state index contributed by atoms with van der Waals surface area (Å²) in [7, 11) is 0. The van der Waals surface area contributed by atoms with Crippen molar-refractivity contribution in [2.45, 2.75) is 20.8 Å². The van der Waals surface area contributed by atoms with Crippen LogP contribution in [0.2, 0.25) is 0 Å². The van der Waals surface area contributed by atoms with Crippen LogP contribution >= 0.6 is 0 Å². The van der Waals surface area contributed by atoms with Crippen molar-refractivity contribution in [3.63, 3.8) is 0 Å². The Morgan fingerprint density at radius 1 is 1.27 bits per heavy atom. The SMILES string of the molecule is C=CC(=O)NCC[N+](CC)(CC)CC.[Cl-]. The normalized spacial score (nSPS) is 10.3. The van der Waals surface area contributed by atoms with E-state index in [-0.39, 0.29) is 18.3 Å². The maximum Gasteiger partial charge on any atom is 0.243 e. The molecule has 0 bridgehead atoms. The van der Waals surface area contributed by atoms with E-state index in [4.69, 9.17) is 0 Å². The Kier molecular flexibility index (Phi) is 9.84. The third-order valence-electron chi connectivity index (χ3n) is 3.08. The summed E-state index contributed by atoms with van der Waals surface area (Å²) in [5, 5.41) is 2.82. The Hall–Kier alpha value is -0.540. The number of halogens is 1. The quantitative estimate of drug-likeness (QED) is 0.408. The summed E-state index contributed by atoms with van der Waals surface area (Å²) in [5.41, 5.74) is 0. The number of carbonyl (C=O) groups excluding carboxylic acids is 1. The molecule has 1 amide bonds. The van der Waals surface area contributed by atoms with E-state index in [9.17, 15) is 4.79 Å². The highest BCUT2D eigenvalue weighted by Gasteiger charge is 2.19. The highest BCUT2D eigenvalue weighted by Crippen LogP contribution is 2.03. The first-order valence-corrected chi connectivity index (χ1v) is 5.39. The van der Waals surface area contributed by atoms with E-state index in [1.54, 1.807) is 0 Å². The fourth-order valence-corrected chi connectivity index (χ4v) is 1.63. The molecule has 0 unspecified atom stereocenters. The molecule has 4 heteroatoms. The molecular formula is C11H23ClN2O. The minimum Gasteiger partial charge on any atom is -1.00 e. The van der Waals surface area contributed by atoms with Gasteiger partial charge >= 0.3 is 0 Å². The number of rotatable bonds is 7. The molecule has 1 N–H and O–H groups in total. The van der Waals surface area contributed by atoms with Crippen LogP contribution in [0.15, 0.2) is 12.7 Å². The number of amides is 1. The lowest BCUT2D eigenvalue weighted by Crippen LogP contribution is -3.00. The van der Waals surface area contributed by atoms with Crippen molar-refractivity contribution in [1.29, 1.82) is 0 Å². The topological polar surface area (TPSA) is 29.1 Å². The summed E-state index contributed by atoms with van der Waals surface area (Å²) < 4.78 is 1.07. The Balaban J connectivity index is 0. The molecule has 0 atom stereocenters.